The number of oxime groups is 1. The lowest BCUT2D eigenvalue weighted by atomic mass is 9.55. The molecule has 0 amide bonds. The van der Waals surface area contributed by atoms with Crippen LogP contribution >= 0.6 is 0 Å². The molecule has 1 aromatic carbocycles. The van der Waals surface area contributed by atoms with E-state index in [0.29, 0.717) is 17.7 Å². The average Bonchev–Trinajstić information content (AvgIpc) is 2.24. The Morgan fingerprint density at radius 2 is 2.21 bits per heavy atom. The number of hydrogen-bond acceptors (Lipinski definition) is 2. The predicted octanol–water partition coefficient (Wildman–Crippen LogP) is 2.99. The van der Waals surface area contributed by atoms with Gasteiger partial charge in [-0.1, -0.05) is 23.7 Å². The van der Waals surface area contributed by atoms with Crippen molar-refractivity contribution in [1.82, 2.24) is 0 Å². The molecule has 0 aromatic heterocycles. The Bertz CT molecular complexity index is 489. The van der Waals surface area contributed by atoms with Gasteiger partial charge in [-0.05, 0) is 48.8 Å². The second-order valence-corrected chi connectivity index (χ2v) is 5.88. The molecular weight excluding hydrogens is 243 g/mol. The Hall–Kier alpha value is -1.58. The first-order valence-electron chi connectivity index (χ1n) is 6.88. The van der Waals surface area contributed by atoms with Gasteiger partial charge in [0.05, 0.1) is 0 Å². The quantitative estimate of drug-likeness (QED) is 0.515. The van der Waals surface area contributed by atoms with Crippen LogP contribution in [0.4, 0.5) is 4.39 Å². The van der Waals surface area contributed by atoms with Crippen LogP contribution in [0.3, 0.4) is 0 Å². The van der Waals surface area contributed by atoms with E-state index in [1.165, 1.54) is 31.4 Å². The maximum Gasteiger partial charge on any atom is 0.143 e. The van der Waals surface area contributed by atoms with Crippen molar-refractivity contribution < 1.29 is 9.23 Å². The lowest BCUT2D eigenvalue weighted by molar-refractivity contribution is -0.116. The van der Waals surface area contributed by atoms with Crippen molar-refractivity contribution in [2.45, 2.75) is 44.6 Å². The molecule has 102 valence electrons. The highest BCUT2D eigenvalue weighted by atomic mass is 19.1. The van der Waals surface area contributed by atoms with Gasteiger partial charge in [-0.15, -0.1) is 0 Å². The zero-order valence-corrected chi connectivity index (χ0v) is 10.9. The van der Waals surface area contributed by atoms with E-state index < -0.39 is 0 Å². The zero-order chi connectivity index (χ0) is 13.3. The first-order valence-corrected chi connectivity index (χ1v) is 6.88. The summed E-state index contributed by atoms with van der Waals surface area (Å²) in [6.07, 6.45) is 6.93. The number of amidine groups is 1. The maximum absolute atomic E-state index is 13.0. The molecule has 2 fully saturated rings. The second kappa shape index (κ2) is 4.83. The van der Waals surface area contributed by atoms with Crippen LogP contribution < -0.4 is 5.73 Å². The molecule has 0 atom stereocenters. The Labute approximate surface area is 112 Å². The molecule has 19 heavy (non-hydrogen) atoms. The van der Waals surface area contributed by atoms with Gasteiger partial charge in [0.15, 0.2) is 0 Å². The molecular formula is C15H19FN2O. The van der Waals surface area contributed by atoms with Gasteiger partial charge in [0.25, 0.3) is 0 Å². The number of benzene rings is 1. The van der Waals surface area contributed by atoms with Crippen molar-refractivity contribution in [2.75, 3.05) is 0 Å². The molecule has 0 aliphatic heterocycles. The van der Waals surface area contributed by atoms with Crippen molar-refractivity contribution in [3.8, 4) is 0 Å². The zero-order valence-electron chi connectivity index (χ0n) is 10.9. The normalized spacial score (nSPS) is 21.8. The third-order valence-electron chi connectivity index (χ3n) is 4.33. The standard InChI is InChI=1S/C15H19FN2O/c16-12-4-1-3-11(7-12)8-14(17)18-19-13-9-15(10-13)5-2-6-15/h1,3-4,7,13H,2,5-6,8-10H2,(H2,17,18). The smallest absolute Gasteiger partial charge is 0.143 e. The molecule has 0 saturated heterocycles. The summed E-state index contributed by atoms with van der Waals surface area (Å²) in [6.45, 7) is 0. The SMILES string of the molecule is N/C(Cc1cccc(F)c1)=N\OC1CC2(CCC2)C1. The van der Waals surface area contributed by atoms with Gasteiger partial charge >= 0.3 is 0 Å². The van der Waals surface area contributed by atoms with E-state index >= 15 is 0 Å². The van der Waals surface area contributed by atoms with Gasteiger partial charge in [0.2, 0.25) is 0 Å². The van der Waals surface area contributed by atoms with E-state index in [2.05, 4.69) is 5.16 Å². The number of nitrogens with zero attached hydrogens (tertiary/aromatic N) is 1. The van der Waals surface area contributed by atoms with E-state index in [9.17, 15) is 4.39 Å². The van der Waals surface area contributed by atoms with Crippen LogP contribution in [0, 0.1) is 11.2 Å². The van der Waals surface area contributed by atoms with E-state index in [1.54, 1.807) is 6.07 Å². The minimum absolute atomic E-state index is 0.228. The molecule has 1 spiro atoms. The summed E-state index contributed by atoms with van der Waals surface area (Å²) in [5.41, 5.74) is 7.19. The predicted molar refractivity (Wildman–Crippen MR) is 72.1 cm³/mol. The molecule has 3 rings (SSSR count). The summed E-state index contributed by atoms with van der Waals surface area (Å²) < 4.78 is 13.0. The fraction of sp³-hybridized carbons (Fsp3) is 0.533. The van der Waals surface area contributed by atoms with E-state index in [4.69, 9.17) is 10.6 Å². The van der Waals surface area contributed by atoms with Crippen molar-refractivity contribution in [2.24, 2.45) is 16.3 Å². The Morgan fingerprint density at radius 1 is 1.42 bits per heavy atom. The molecule has 0 bridgehead atoms. The largest absolute Gasteiger partial charge is 0.391 e. The summed E-state index contributed by atoms with van der Waals surface area (Å²) in [5, 5.41) is 3.97. The molecule has 0 unspecified atom stereocenters. The van der Waals surface area contributed by atoms with Crippen LogP contribution in [0.15, 0.2) is 29.4 Å². The highest BCUT2D eigenvalue weighted by Gasteiger charge is 2.49. The van der Waals surface area contributed by atoms with Crippen molar-refractivity contribution in [1.29, 1.82) is 0 Å². The Balaban J connectivity index is 1.47. The summed E-state index contributed by atoms with van der Waals surface area (Å²) in [5.74, 6) is 0.150. The highest BCUT2D eigenvalue weighted by molar-refractivity contribution is 5.82. The fourth-order valence-corrected chi connectivity index (χ4v) is 3.10. The van der Waals surface area contributed by atoms with Gasteiger partial charge in [-0.2, -0.15) is 0 Å². The van der Waals surface area contributed by atoms with Crippen LogP contribution in [0.25, 0.3) is 0 Å². The molecule has 2 saturated carbocycles. The molecule has 2 aliphatic rings. The van der Waals surface area contributed by atoms with Gasteiger partial charge in [0, 0.05) is 6.42 Å². The molecule has 1 aromatic rings. The third kappa shape index (κ3) is 2.72. The summed E-state index contributed by atoms with van der Waals surface area (Å²) in [7, 11) is 0. The fourth-order valence-electron chi connectivity index (χ4n) is 3.10. The molecule has 0 radical (unpaired) electrons. The number of rotatable bonds is 4. The molecule has 3 nitrogen and oxygen atoms in total. The molecule has 0 heterocycles. The molecule has 2 N–H and O–H groups in total. The van der Waals surface area contributed by atoms with Crippen LogP contribution in [0.2, 0.25) is 0 Å². The van der Waals surface area contributed by atoms with Crippen molar-refractivity contribution >= 4 is 5.84 Å². The Kier molecular flexibility index (Phi) is 3.17. The lowest BCUT2D eigenvalue weighted by Crippen LogP contribution is -2.46. The first kappa shape index (κ1) is 12.5. The van der Waals surface area contributed by atoms with Gasteiger partial charge < -0.3 is 10.6 Å². The van der Waals surface area contributed by atoms with Crippen molar-refractivity contribution in [3.63, 3.8) is 0 Å². The number of hydrogen-bond donors (Lipinski definition) is 1. The highest BCUT2D eigenvalue weighted by Crippen LogP contribution is 2.56. The summed E-state index contributed by atoms with van der Waals surface area (Å²) >= 11 is 0. The van der Waals surface area contributed by atoms with Crippen LogP contribution in [-0.2, 0) is 11.3 Å². The van der Waals surface area contributed by atoms with E-state index in [0.717, 1.165) is 18.4 Å². The van der Waals surface area contributed by atoms with E-state index in [-0.39, 0.29) is 11.9 Å². The molecule has 2 aliphatic carbocycles. The minimum atomic E-state index is -0.253. The molecule has 4 heteroatoms. The van der Waals surface area contributed by atoms with E-state index in [1.807, 2.05) is 6.07 Å². The average molecular weight is 262 g/mol. The minimum Gasteiger partial charge on any atom is -0.391 e. The van der Waals surface area contributed by atoms with Crippen molar-refractivity contribution in [3.05, 3.63) is 35.6 Å². The summed E-state index contributed by atoms with van der Waals surface area (Å²) in [4.78, 5) is 5.44. The number of halogens is 1. The second-order valence-electron chi connectivity index (χ2n) is 5.88. The lowest BCUT2D eigenvalue weighted by Gasteiger charge is -2.52. The topological polar surface area (TPSA) is 47.6 Å². The van der Waals surface area contributed by atoms with Crippen LogP contribution in [0.5, 0.6) is 0 Å². The summed E-state index contributed by atoms with van der Waals surface area (Å²) in [6, 6.07) is 6.39. The van der Waals surface area contributed by atoms with Gasteiger partial charge in [0.1, 0.15) is 17.8 Å². The number of nitrogens with two attached hydrogens (primary N) is 1. The first-order chi connectivity index (χ1) is 9.15. The van der Waals surface area contributed by atoms with Gasteiger partial charge in [-0.25, -0.2) is 4.39 Å². The monoisotopic (exact) mass is 262 g/mol. The third-order valence-corrected chi connectivity index (χ3v) is 4.33. The Morgan fingerprint density at radius 3 is 2.84 bits per heavy atom. The van der Waals surface area contributed by atoms with Crippen LogP contribution in [0.1, 0.15) is 37.7 Å². The van der Waals surface area contributed by atoms with Crippen LogP contribution in [-0.4, -0.2) is 11.9 Å². The van der Waals surface area contributed by atoms with Gasteiger partial charge in [-0.3, -0.25) is 0 Å². The maximum atomic E-state index is 13.0.